The molecule has 0 aromatic heterocycles. The van der Waals surface area contributed by atoms with E-state index in [1.165, 1.54) is 32.1 Å². The lowest BCUT2D eigenvalue weighted by molar-refractivity contribution is 0.169. The smallest absolute Gasteiger partial charge is 0.0453 e. The van der Waals surface area contributed by atoms with Crippen molar-refractivity contribution in [3.63, 3.8) is 0 Å². The van der Waals surface area contributed by atoms with Crippen LogP contribution in [-0.4, -0.2) is 6.04 Å². The SMILES string of the molecule is CC1(C(N)Cc2ccc(Cl)cc2Cl)CCCCC1. The number of rotatable bonds is 3. The first-order valence-electron chi connectivity index (χ1n) is 6.71. The first-order valence-corrected chi connectivity index (χ1v) is 7.46. The Bertz CT molecular complexity index is 411. The molecule has 18 heavy (non-hydrogen) atoms. The minimum atomic E-state index is 0.177. The van der Waals surface area contributed by atoms with Gasteiger partial charge in [-0.3, -0.25) is 0 Å². The number of halogens is 2. The zero-order valence-electron chi connectivity index (χ0n) is 10.9. The Balaban J connectivity index is 2.08. The predicted octanol–water partition coefficient (Wildman–Crippen LogP) is 4.83. The van der Waals surface area contributed by atoms with Gasteiger partial charge in [-0.2, -0.15) is 0 Å². The average Bonchev–Trinajstić information content (AvgIpc) is 2.33. The molecule has 2 rings (SSSR count). The van der Waals surface area contributed by atoms with E-state index in [0.29, 0.717) is 5.02 Å². The minimum absolute atomic E-state index is 0.177. The molecule has 0 bridgehead atoms. The minimum Gasteiger partial charge on any atom is -0.327 e. The lowest BCUT2D eigenvalue weighted by Crippen LogP contribution is -2.42. The van der Waals surface area contributed by atoms with E-state index in [1.54, 1.807) is 6.07 Å². The van der Waals surface area contributed by atoms with Gasteiger partial charge >= 0.3 is 0 Å². The molecule has 0 heterocycles. The van der Waals surface area contributed by atoms with Crippen molar-refractivity contribution in [1.29, 1.82) is 0 Å². The highest BCUT2D eigenvalue weighted by molar-refractivity contribution is 6.35. The summed E-state index contributed by atoms with van der Waals surface area (Å²) in [6, 6.07) is 5.86. The van der Waals surface area contributed by atoms with Gasteiger partial charge in [0.15, 0.2) is 0 Å². The first-order chi connectivity index (χ1) is 8.51. The molecule has 0 saturated heterocycles. The van der Waals surface area contributed by atoms with Gasteiger partial charge < -0.3 is 5.73 Å². The molecule has 1 atom stereocenters. The van der Waals surface area contributed by atoms with Crippen LogP contribution < -0.4 is 5.73 Å². The van der Waals surface area contributed by atoms with E-state index in [-0.39, 0.29) is 11.5 Å². The molecule has 1 aliphatic rings. The van der Waals surface area contributed by atoms with Crippen LogP contribution in [0.15, 0.2) is 18.2 Å². The van der Waals surface area contributed by atoms with Crippen LogP contribution in [0, 0.1) is 5.41 Å². The molecule has 0 amide bonds. The summed E-state index contributed by atoms with van der Waals surface area (Å²) in [7, 11) is 0. The predicted molar refractivity (Wildman–Crippen MR) is 79.3 cm³/mol. The molecule has 1 aliphatic carbocycles. The summed E-state index contributed by atoms with van der Waals surface area (Å²) in [4.78, 5) is 0. The van der Waals surface area contributed by atoms with Gasteiger partial charge in [0.25, 0.3) is 0 Å². The zero-order valence-corrected chi connectivity index (χ0v) is 12.4. The van der Waals surface area contributed by atoms with Gasteiger partial charge in [0.1, 0.15) is 0 Å². The molecule has 1 aromatic rings. The molecule has 1 unspecified atom stereocenters. The van der Waals surface area contributed by atoms with Gasteiger partial charge in [-0.15, -0.1) is 0 Å². The van der Waals surface area contributed by atoms with Crippen molar-refractivity contribution in [3.05, 3.63) is 33.8 Å². The van der Waals surface area contributed by atoms with Crippen LogP contribution in [-0.2, 0) is 6.42 Å². The van der Waals surface area contributed by atoms with Crippen molar-refractivity contribution < 1.29 is 0 Å². The van der Waals surface area contributed by atoms with Gasteiger partial charge in [0, 0.05) is 16.1 Å². The second-order valence-corrected chi connectivity index (χ2v) is 6.60. The molecule has 1 nitrogen and oxygen atoms in total. The maximum Gasteiger partial charge on any atom is 0.0453 e. The number of hydrogen-bond donors (Lipinski definition) is 1. The highest BCUT2D eigenvalue weighted by atomic mass is 35.5. The molecule has 0 aliphatic heterocycles. The molecule has 1 fully saturated rings. The molecular weight excluding hydrogens is 265 g/mol. The monoisotopic (exact) mass is 285 g/mol. The summed E-state index contributed by atoms with van der Waals surface area (Å²) in [6.07, 6.45) is 7.27. The van der Waals surface area contributed by atoms with Crippen LogP contribution in [0.3, 0.4) is 0 Å². The number of hydrogen-bond acceptors (Lipinski definition) is 1. The normalized spacial score (nSPS) is 20.7. The van der Waals surface area contributed by atoms with Crippen LogP contribution in [0.4, 0.5) is 0 Å². The summed E-state index contributed by atoms with van der Waals surface area (Å²) in [6.45, 7) is 2.32. The maximum absolute atomic E-state index is 6.43. The summed E-state index contributed by atoms with van der Waals surface area (Å²) in [5.74, 6) is 0. The lowest BCUT2D eigenvalue weighted by Gasteiger charge is -2.39. The Kier molecular flexibility index (Phi) is 4.58. The highest BCUT2D eigenvalue weighted by Crippen LogP contribution is 2.39. The van der Waals surface area contributed by atoms with Crippen molar-refractivity contribution >= 4 is 23.2 Å². The Hall–Kier alpha value is -0.240. The quantitative estimate of drug-likeness (QED) is 0.845. The molecule has 0 spiro atoms. The maximum atomic E-state index is 6.43. The Morgan fingerprint density at radius 1 is 1.22 bits per heavy atom. The van der Waals surface area contributed by atoms with E-state index < -0.39 is 0 Å². The Morgan fingerprint density at radius 2 is 1.89 bits per heavy atom. The van der Waals surface area contributed by atoms with Gasteiger partial charge in [-0.25, -0.2) is 0 Å². The van der Waals surface area contributed by atoms with Crippen molar-refractivity contribution in [2.75, 3.05) is 0 Å². The van der Waals surface area contributed by atoms with E-state index >= 15 is 0 Å². The van der Waals surface area contributed by atoms with E-state index in [9.17, 15) is 0 Å². The second kappa shape index (κ2) is 5.81. The van der Waals surface area contributed by atoms with Gasteiger partial charge in [-0.1, -0.05) is 55.5 Å². The molecule has 100 valence electrons. The van der Waals surface area contributed by atoms with E-state index in [2.05, 4.69) is 6.92 Å². The number of benzene rings is 1. The molecule has 1 saturated carbocycles. The molecule has 0 radical (unpaired) electrons. The summed E-state index contributed by atoms with van der Waals surface area (Å²) >= 11 is 12.1. The molecule has 2 N–H and O–H groups in total. The molecule has 1 aromatic carbocycles. The van der Waals surface area contributed by atoms with Gasteiger partial charge in [0.05, 0.1) is 0 Å². The topological polar surface area (TPSA) is 26.0 Å². The Morgan fingerprint density at radius 3 is 2.50 bits per heavy atom. The van der Waals surface area contributed by atoms with E-state index in [0.717, 1.165) is 17.0 Å². The number of nitrogens with two attached hydrogens (primary N) is 1. The third-order valence-corrected chi connectivity index (χ3v) is 4.93. The standard InChI is InChI=1S/C15H21Cl2N/c1-15(7-3-2-4-8-15)14(18)9-11-5-6-12(16)10-13(11)17/h5-6,10,14H,2-4,7-9,18H2,1H3. The zero-order chi connectivity index (χ0) is 13.2. The summed E-state index contributed by atoms with van der Waals surface area (Å²) < 4.78 is 0. The highest BCUT2D eigenvalue weighted by Gasteiger charge is 2.33. The fraction of sp³-hybridized carbons (Fsp3) is 0.600. The van der Waals surface area contributed by atoms with Crippen LogP contribution in [0.2, 0.25) is 10.0 Å². The largest absolute Gasteiger partial charge is 0.327 e. The lowest BCUT2D eigenvalue weighted by atomic mass is 9.69. The average molecular weight is 286 g/mol. The van der Waals surface area contributed by atoms with Crippen LogP contribution in [0.5, 0.6) is 0 Å². The molecular formula is C15H21Cl2N. The van der Waals surface area contributed by atoms with Crippen LogP contribution in [0.25, 0.3) is 0 Å². The van der Waals surface area contributed by atoms with E-state index in [4.69, 9.17) is 28.9 Å². The van der Waals surface area contributed by atoms with E-state index in [1.807, 2.05) is 12.1 Å². The summed E-state index contributed by atoms with van der Waals surface area (Å²) in [5.41, 5.74) is 7.81. The fourth-order valence-corrected chi connectivity index (χ4v) is 3.39. The van der Waals surface area contributed by atoms with Gasteiger partial charge in [-0.05, 0) is 42.4 Å². The van der Waals surface area contributed by atoms with Crippen molar-refractivity contribution in [2.24, 2.45) is 11.1 Å². The van der Waals surface area contributed by atoms with Crippen molar-refractivity contribution in [1.82, 2.24) is 0 Å². The fourth-order valence-electron chi connectivity index (χ4n) is 2.90. The first kappa shape index (κ1) is 14.2. The van der Waals surface area contributed by atoms with Crippen LogP contribution in [0.1, 0.15) is 44.6 Å². The second-order valence-electron chi connectivity index (χ2n) is 5.76. The van der Waals surface area contributed by atoms with Gasteiger partial charge in [0.2, 0.25) is 0 Å². The molecule has 3 heteroatoms. The third-order valence-electron chi connectivity index (χ3n) is 4.35. The third kappa shape index (κ3) is 3.20. The van der Waals surface area contributed by atoms with Crippen molar-refractivity contribution in [3.8, 4) is 0 Å². The Labute approximate surface area is 120 Å². The van der Waals surface area contributed by atoms with Crippen LogP contribution >= 0.6 is 23.2 Å². The summed E-state index contributed by atoms with van der Waals surface area (Å²) in [5, 5.41) is 1.42. The van der Waals surface area contributed by atoms with Crippen molar-refractivity contribution in [2.45, 2.75) is 51.5 Å².